The van der Waals surface area contributed by atoms with Gasteiger partial charge in [-0.05, 0) is 43.0 Å². The predicted molar refractivity (Wildman–Crippen MR) is 79.9 cm³/mol. The zero-order valence-electron chi connectivity index (χ0n) is 11.6. The molecule has 2 nitrogen and oxygen atoms in total. The lowest BCUT2D eigenvalue weighted by Crippen LogP contribution is -1.99. The second-order valence-corrected chi connectivity index (χ2v) is 6.06. The SMILES string of the molecule is COCCc1ccc(C(O)c2cc(C)c(C)s2)cc1. The maximum Gasteiger partial charge on any atom is 0.113 e. The normalized spacial score (nSPS) is 12.6. The first kappa shape index (κ1) is 14.3. The molecule has 3 heteroatoms. The minimum atomic E-state index is -0.520. The van der Waals surface area contributed by atoms with E-state index in [9.17, 15) is 5.11 Å². The van der Waals surface area contributed by atoms with Gasteiger partial charge in [0.1, 0.15) is 6.10 Å². The number of ether oxygens (including phenoxy) is 1. The number of hydrogen-bond acceptors (Lipinski definition) is 3. The van der Waals surface area contributed by atoms with Crippen LogP contribution >= 0.6 is 11.3 Å². The smallest absolute Gasteiger partial charge is 0.113 e. The third-order valence-electron chi connectivity index (χ3n) is 3.34. The molecule has 1 unspecified atom stereocenters. The predicted octanol–water partition coefficient (Wildman–Crippen LogP) is 3.64. The molecule has 1 heterocycles. The highest BCUT2D eigenvalue weighted by Crippen LogP contribution is 2.30. The van der Waals surface area contributed by atoms with E-state index >= 15 is 0 Å². The average molecular weight is 276 g/mol. The molecule has 0 radical (unpaired) electrons. The van der Waals surface area contributed by atoms with Crippen molar-refractivity contribution in [1.29, 1.82) is 0 Å². The van der Waals surface area contributed by atoms with Crippen molar-refractivity contribution in [2.45, 2.75) is 26.4 Å². The summed E-state index contributed by atoms with van der Waals surface area (Å²) in [5, 5.41) is 10.4. The number of aliphatic hydroxyl groups is 1. The summed E-state index contributed by atoms with van der Waals surface area (Å²) in [5.74, 6) is 0. The highest BCUT2D eigenvalue weighted by Gasteiger charge is 2.13. The van der Waals surface area contributed by atoms with E-state index in [0.29, 0.717) is 0 Å². The van der Waals surface area contributed by atoms with Crippen LogP contribution in [0.3, 0.4) is 0 Å². The van der Waals surface area contributed by atoms with Crippen LogP contribution < -0.4 is 0 Å². The van der Waals surface area contributed by atoms with Gasteiger partial charge in [-0.1, -0.05) is 24.3 Å². The highest BCUT2D eigenvalue weighted by atomic mass is 32.1. The van der Waals surface area contributed by atoms with Crippen LogP contribution in [0.5, 0.6) is 0 Å². The number of rotatable bonds is 5. The van der Waals surface area contributed by atoms with E-state index in [4.69, 9.17) is 4.74 Å². The fraction of sp³-hybridized carbons (Fsp3) is 0.375. The van der Waals surface area contributed by atoms with Crippen LogP contribution in [0.25, 0.3) is 0 Å². The topological polar surface area (TPSA) is 29.5 Å². The molecule has 0 aliphatic rings. The summed E-state index contributed by atoms with van der Waals surface area (Å²) < 4.78 is 5.06. The molecule has 2 aromatic rings. The van der Waals surface area contributed by atoms with Crippen LogP contribution in [0.1, 0.15) is 32.5 Å². The van der Waals surface area contributed by atoms with Crippen LogP contribution in [-0.2, 0) is 11.2 Å². The minimum absolute atomic E-state index is 0.520. The van der Waals surface area contributed by atoms with Gasteiger partial charge in [0.25, 0.3) is 0 Å². The third kappa shape index (κ3) is 3.44. The quantitative estimate of drug-likeness (QED) is 0.903. The van der Waals surface area contributed by atoms with Crippen LogP contribution in [0.2, 0.25) is 0 Å². The molecule has 0 saturated carbocycles. The molecule has 0 aliphatic heterocycles. The maximum absolute atomic E-state index is 10.4. The van der Waals surface area contributed by atoms with E-state index in [2.05, 4.69) is 32.0 Å². The summed E-state index contributed by atoms with van der Waals surface area (Å²) in [6, 6.07) is 10.2. The Morgan fingerprint density at radius 1 is 1.21 bits per heavy atom. The van der Waals surface area contributed by atoms with E-state index < -0.39 is 6.10 Å². The van der Waals surface area contributed by atoms with Gasteiger partial charge < -0.3 is 9.84 Å². The van der Waals surface area contributed by atoms with E-state index in [1.54, 1.807) is 18.4 Å². The first-order valence-electron chi connectivity index (χ1n) is 6.44. The zero-order chi connectivity index (χ0) is 13.8. The van der Waals surface area contributed by atoms with Crippen molar-refractivity contribution in [3.05, 3.63) is 56.8 Å². The summed E-state index contributed by atoms with van der Waals surface area (Å²) in [5.41, 5.74) is 3.43. The molecular formula is C16H20O2S. The molecule has 0 saturated heterocycles. The summed E-state index contributed by atoms with van der Waals surface area (Å²) in [6.45, 7) is 4.89. The second-order valence-electron chi connectivity index (χ2n) is 4.77. The Labute approximate surface area is 118 Å². The van der Waals surface area contributed by atoms with Crippen molar-refractivity contribution in [3.63, 3.8) is 0 Å². The lowest BCUT2D eigenvalue weighted by Gasteiger charge is -2.10. The van der Waals surface area contributed by atoms with Crippen LogP contribution in [0.4, 0.5) is 0 Å². The van der Waals surface area contributed by atoms with Gasteiger partial charge in [-0.2, -0.15) is 0 Å². The molecule has 102 valence electrons. The molecule has 1 atom stereocenters. The molecule has 1 N–H and O–H groups in total. The third-order valence-corrected chi connectivity index (χ3v) is 4.55. The molecule has 0 fully saturated rings. The fourth-order valence-corrected chi connectivity index (χ4v) is 3.04. The molecule has 19 heavy (non-hydrogen) atoms. The van der Waals surface area contributed by atoms with Gasteiger partial charge in [0.15, 0.2) is 0 Å². The first-order valence-corrected chi connectivity index (χ1v) is 7.26. The Kier molecular flexibility index (Phi) is 4.75. The monoisotopic (exact) mass is 276 g/mol. The van der Waals surface area contributed by atoms with Crippen LogP contribution in [0, 0.1) is 13.8 Å². The Hall–Kier alpha value is -1.16. The Morgan fingerprint density at radius 2 is 1.89 bits per heavy atom. The van der Waals surface area contributed by atoms with E-state index in [1.807, 2.05) is 12.1 Å². The van der Waals surface area contributed by atoms with Gasteiger partial charge in [-0.15, -0.1) is 11.3 Å². The Morgan fingerprint density at radius 3 is 2.42 bits per heavy atom. The summed E-state index contributed by atoms with van der Waals surface area (Å²) in [4.78, 5) is 2.28. The number of benzene rings is 1. The van der Waals surface area contributed by atoms with Crippen molar-refractivity contribution in [1.82, 2.24) is 0 Å². The van der Waals surface area contributed by atoms with Crippen molar-refractivity contribution in [2.24, 2.45) is 0 Å². The van der Waals surface area contributed by atoms with E-state index in [0.717, 1.165) is 23.5 Å². The first-order chi connectivity index (χ1) is 9.11. The van der Waals surface area contributed by atoms with Gasteiger partial charge in [0.2, 0.25) is 0 Å². The van der Waals surface area contributed by atoms with Crippen LogP contribution in [-0.4, -0.2) is 18.8 Å². The fourth-order valence-electron chi connectivity index (χ4n) is 1.99. The Balaban J connectivity index is 2.13. The Bertz CT molecular complexity index is 509. The van der Waals surface area contributed by atoms with E-state index in [1.165, 1.54) is 16.0 Å². The van der Waals surface area contributed by atoms with Gasteiger partial charge in [0, 0.05) is 16.9 Å². The van der Waals surface area contributed by atoms with Gasteiger partial charge in [-0.25, -0.2) is 0 Å². The standard InChI is InChI=1S/C16H20O2S/c1-11-10-15(19-12(11)2)16(17)14-6-4-13(5-7-14)8-9-18-3/h4-7,10,16-17H,8-9H2,1-3H3. The maximum atomic E-state index is 10.4. The minimum Gasteiger partial charge on any atom is -0.384 e. The van der Waals surface area contributed by atoms with Gasteiger partial charge in [0.05, 0.1) is 6.61 Å². The molecule has 2 rings (SSSR count). The molecule has 0 aliphatic carbocycles. The lowest BCUT2D eigenvalue weighted by atomic mass is 10.0. The number of methoxy groups -OCH3 is 1. The lowest BCUT2D eigenvalue weighted by molar-refractivity contribution is 0.202. The number of thiophene rings is 1. The van der Waals surface area contributed by atoms with Gasteiger partial charge >= 0.3 is 0 Å². The molecule has 1 aromatic carbocycles. The largest absolute Gasteiger partial charge is 0.384 e. The van der Waals surface area contributed by atoms with Crippen molar-refractivity contribution in [3.8, 4) is 0 Å². The van der Waals surface area contributed by atoms with Crippen molar-refractivity contribution in [2.75, 3.05) is 13.7 Å². The molecule has 1 aromatic heterocycles. The molecule has 0 bridgehead atoms. The highest BCUT2D eigenvalue weighted by molar-refractivity contribution is 7.12. The average Bonchev–Trinajstić information content (AvgIpc) is 2.76. The van der Waals surface area contributed by atoms with E-state index in [-0.39, 0.29) is 0 Å². The van der Waals surface area contributed by atoms with Crippen LogP contribution in [0.15, 0.2) is 30.3 Å². The van der Waals surface area contributed by atoms with Crippen molar-refractivity contribution < 1.29 is 9.84 Å². The molecule has 0 amide bonds. The molecular weight excluding hydrogens is 256 g/mol. The summed E-state index contributed by atoms with van der Waals surface area (Å²) in [6.07, 6.45) is 0.387. The number of aryl methyl sites for hydroxylation is 2. The zero-order valence-corrected chi connectivity index (χ0v) is 12.5. The number of hydrogen-bond donors (Lipinski definition) is 1. The summed E-state index contributed by atoms with van der Waals surface area (Å²) in [7, 11) is 1.71. The molecule has 0 spiro atoms. The van der Waals surface area contributed by atoms with Crippen molar-refractivity contribution >= 4 is 11.3 Å². The number of aliphatic hydroxyl groups excluding tert-OH is 1. The second kappa shape index (κ2) is 6.33. The summed E-state index contributed by atoms with van der Waals surface area (Å²) >= 11 is 1.67. The van der Waals surface area contributed by atoms with Gasteiger partial charge in [-0.3, -0.25) is 0 Å².